The van der Waals surface area contributed by atoms with Crippen molar-refractivity contribution in [3.05, 3.63) is 29.0 Å². The number of likely N-dealkylation sites (tertiary alicyclic amines) is 1. The van der Waals surface area contributed by atoms with E-state index in [2.05, 4.69) is 4.98 Å². The molecule has 1 saturated heterocycles. The van der Waals surface area contributed by atoms with Crippen LogP contribution in [-0.2, 0) is 16.0 Å². The van der Waals surface area contributed by atoms with E-state index in [1.165, 1.54) is 0 Å². The highest BCUT2D eigenvalue weighted by Gasteiger charge is 2.35. The van der Waals surface area contributed by atoms with Gasteiger partial charge in [0.1, 0.15) is 11.8 Å². The van der Waals surface area contributed by atoms with Gasteiger partial charge in [0.05, 0.1) is 17.0 Å². The highest BCUT2D eigenvalue weighted by molar-refractivity contribution is 7.13. The van der Waals surface area contributed by atoms with Gasteiger partial charge in [-0.15, -0.1) is 11.3 Å². The van der Waals surface area contributed by atoms with E-state index >= 15 is 0 Å². The van der Waals surface area contributed by atoms with Crippen molar-refractivity contribution in [1.82, 2.24) is 14.8 Å². The smallest absolute Gasteiger partial charge is 0.244 e. The fraction of sp³-hybridized carbons (Fsp3) is 0.471. The molecule has 24 heavy (non-hydrogen) atoms. The molecule has 0 radical (unpaired) electrons. The van der Waals surface area contributed by atoms with E-state index in [4.69, 9.17) is 4.42 Å². The number of rotatable bonds is 4. The van der Waals surface area contributed by atoms with Crippen LogP contribution < -0.4 is 0 Å². The number of nitrogens with zero attached hydrogens (tertiary/aromatic N) is 3. The van der Waals surface area contributed by atoms with Gasteiger partial charge in [-0.2, -0.15) is 0 Å². The Morgan fingerprint density at radius 1 is 1.46 bits per heavy atom. The summed E-state index contributed by atoms with van der Waals surface area (Å²) < 4.78 is 5.69. The molecular formula is C17H21N3O3S. The third kappa shape index (κ3) is 3.21. The lowest BCUT2D eigenvalue weighted by molar-refractivity contribution is -0.141. The molecule has 0 bridgehead atoms. The van der Waals surface area contributed by atoms with Gasteiger partial charge in [0.25, 0.3) is 0 Å². The minimum Gasteiger partial charge on any atom is -0.440 e. The van der Waals surface area contributed by atoms with Crippen LogP contribution in [0.5, 0.6) is 0 Å². The minimum absolute atomic E-state index is 0.0167. The molecule has 1 aliphatic rings. The molecule has 0 saturated carbocycles. The highest BCUT2D eigenvalue weighted by Crippen LogP contribution is 2.27. The summed E-state index contributed by atoms with van der Waals surface area (Å²) in [6, 6.07) is 3.52. The molecule has 128 valence electrons. The Kier molecular flexibility index (Phi) is 4.71. The zero-order valence-electron chi connectivity index (χ0n) is 14.1. The number of oxazole rings is 1. The number of thiophene rings is 1. The van der Waals surface area contributed by atoms with Gasteiger partial charge in [-0.05, 0) is 31.2 Å². The number of hydrogen-bond donors (Lipinski definition) is 0. The number of carbonyl (C=O) groups is 2. The van der Waals surface area contributed by atoms with Crippen LogP contribution in [-0.4, -0.2) is 53.3 Å². The van der Waals surface area contributed by atoms with Crippen molar-refractivity contribution in [2.24, 2.45) is 0 Å². The quantitative estimate of drug-likeness (QED) is 0.851. The van der Waals surface area contributed by atoms with E-state index in [0.29, 0.717) is 23.9 Å². The minimum atomic E-state index is -0.350. The fourth-order valence-corrected chi connectivity index (χ4v) is 3.61. The van der Waals surface area contributed by atoms with E-state index in [9.17, 15) is 9.59 Å². The Balaban J connectivity index is 1.74. The van der Waals surface area contributed by atoms with E-state index in [1.54, 1.807) is 35.2 Å². The van der Waals surface area contributed by atoms with Gasteiger partial charge in [-0.3, -0.25) is 9.59 Å². The maximum Gasteiger partial charge on any atom is 0.244 e. The SMILES string of the molecule is Cc1oc(-c2cccs2)nc1CC(=O)N1CCCC1C(=O)N(C)C. The molecule has 3 rings (SSSR count). The van der Waals surface area contributed by atoms with Crippen LogP contribution in [0, 0.1) is 6.92 Å². The van der Waals surface area contributed by atoms with Gasteiger partial charge >= 0.3 is 0 Å². The van der Waals surface area contributed by atoms with Crippen LogP contribution in [0.2, 0.25) is 0 Å². The Hall–Kier alpha value is -2.15. The third-order valence-electron chi connectivity index (χ3n) is 4.24. The van der Waals surface area contributed by atoms with Crippen molar-refractivity contribution in [3.8, 4) is 10.8 Å². The molecule has 2 amide bonds. The number of carbonyl (C=O) groups excluding carboxylic acids is 2. The predicted molar refractivity (Wildman–Crippen MR) is 91.7 cm³/mol. The van der Waals surface area contributed by atoms with Crippen LogP contribution in [0.15, 0.2) is 21.9 Å². The maximum atomic E-state index is 12.7. The summed E-state index contributed by atoms with van der Waals surface area (Å²) in [5, 5.41) is 1.96. The second-order valence-corrected chi connectivity index (χ2v) is 7.10. The van der Waals surface area contributed by atoms with Crippen LogP contribution in [0.4, 0.5) is 0 Å². The van der Waals surface area contributed by atoms with Crippen LogP contribution in [0.1, 0.15) is 24.3 Å². The normalized spacial score (nSPS) is 17.3. The summed E-state index contributed by atoms with van der Waals surface area (Å²) >= 11 is 1.55. The molecule has 2 aromatic rings. The summed E-state index contributed by atoms with van der Waals surface area (Å²) in [5.74, 6) is 1.12. The third-order valence-corrected chi connectivity index (χ3v) is 5.10. The first-order valence-corrected chi connectivity index (χ1v) is 8.86. The van der Waals surface area contributed by atoms with E-state index in [-0.39, 0.29) is 24.3 Å². The van der Waals surface area contributed by atoms with Gasteiger partial charge in [0, 0.05) is 20.6 Å². The van der Waals surface area contributed by atoms with Gasteiger partial charge in [0.15, 0.2) is 0 Å². The average Bonchev–Trinajstić information content (AvgIpc) is 3.27. The molecule has 6 nitrogen and oxygen atoms in total. The molecule has 1 fully saturated rings. The zero-order valence-corrected chi connectivity index (χ0v) is 14.9. The molecule has 1 aliphatic heterocycles. The summed E-state index contributed by atoms with van der Waals surface area (Å²) in [6.07, 6.45) is 1.74. The second kappa shape index (κ2) is 6.76. The van der Waals surface area contributed by atoms with Crippen molar-refractivity contribution in [2.45, 2.75) is 32.2 Å². The van der Waals surface area contributed by atoms with Crippen LogP contribution in [0.25, 0.3) is 10.8 Å². The van der Waals surface area contributed by atoms with Crippen LogP contribution >= 0.6 is 11.3 Å². The number of aryl methyl sites for hydroxylation is 1. The lowest BCUT2D eigenvalue weighted by Crippen LogP contribution is -2.46. The lowest BCUT2D eigenvalue weighted by Gasteiger charge is -2.26. The standard InChI is InChI=1S/C17H21N3O3S/c1-11-12(18-16(23-11)14-7-5-9-24-14)10-15(21)20-8-4-6-13(20)17(22)19(2)3/h5,7,9,13H,4,6,8,10H2,1-3H3. The monoisotopic (exact) mass is 347 g/mol. The summed E-state index contributed by atoms with van der Waals surface area (Å²) in [4.78, 5) is 33.6. The van der Waals surface area contributed by atoms with Crippen LogP contribution in [0.3, 0.4) is 0 Å². The molecule has 1 atom stereocenters. The first-order valence-electron chi connectivity index (χ1n) is 7.98. The summed E-state index contributed by atoms with van der Waals surface area (Å²) in [6.45, 7) is 2.44. The van der Waals surface area contributed by atoms with E-state index in [0.717, 1.165) is 17.7 Å². The Bertz CT molecular complexity index is 736. The van der Waals surface area contributed by atoms with Gasteiger partial charge in [-0.25, -0.2) is 4.98 Å². The molecule has 0 aliphatic carbocycles. The molecule has 1 unspecified atom stereocenters. The van der Waals surface area contributed by atoms with E-state index < -0.39 is 0 Å². The Labute approximate surface area is 145 Å². The topological polar surface area (TPSA) is 66.7 Å². The molecule has 7 heteroatoms. The Morgan fingerprint density at radius 2 is 2.25 bits per heavy atom. The number of aromatic nitrogens is 1. The largest absolute Gasteiger partial charge is 0.440 e. The van der Waals surface area contributed by atoms with Gasteiger partial charge in [0.2, 0.25) is 17.7 Å². The molecule has 2 aromatic heterocycles. The molecule has 0 spiro atoms. The molecule has 0 aromatic carbocycles. The van der Waals surface area contributed by atoms with Crippen molar-refractivity contribution >= 4 is 23.2 Å². The number of likely N-dealkylation sites (N-methyl/N-ethyl adjacent to an activating group) is 1. The van der Waals surface area contributed by atoms with Crippen molar-refractivity contribution in [2.75, 3.05) is 20.6 Å². The lowest BCUT2D eigenvalue weighted by atomic mass is 10.2. The van der Waals surface area contributed by atoms with E-state index in [1.807, 2.05) is 24.4 Å². The van der Waals surface area contributed by atoms with Gasteiger partial charge < -0.3 is 14.2 Å². The molecule has 0 N–H and O–H groups in total. The first kappa shape index (κ1) is 16.7. The van der Waals surface area contributed by atoms with Crippen molar-refractivity contribution in [1.29, 1.82) is 0 Å². The fourth-order valence-electron chi connectivity index (χ4n) is 2.96. The molecule has 3 heterocycles. The van der Waals surface area contributed by atoms with Gasteiger partial charge in [-0.1, -0.05) is 6.07 Å². The number of hydrogen-bond acceptors (Lipinski definition) is 5. The maximum absolute atomic E-state index is 12.7. The van der Waals surface area contributed by atoms with Crippen molar-refractivity contribution < 1.29 is 14.0 Å². The molecular weight excluding hydrogens is 326 g/mol. The number of amides is 2. The highest BCUT2D eigenvalue weighted by atomic mass is 32.1. The average molecular weight is 347 g/mol. The predicted octanol–water partition coefficient (Wildman–Crippen LogP) is 2.33. The summed E-state index contributed by atoms with van der Waals surface area (Å²) in [7, 11) is 3.44. The summed E-state index contributed by atoms with van der Waals surface area (Å²) in [5.41, 5.74) is 0.645. The Morgan fingerprint density at radius 3 is 2.92 bits per heavy atom. The zero-order chi connectivity index (χ0) is 17.3. The first-order chi connectivity index (χ1) is 11.5. The van der Waals surface area contributed by atoms with Crippen molar-refractivity contribution in [3.63, 3.8) is 0 Å². The second-order valence-electron chi connectivity index (χ2n) is 6.15.